The van der Waals surface area contributed by atoms with E-state index in [1.165, 1.54) is 30.5 Å². The number of amides is 1. The molecule has 4 rings (SSSR count). The molecule has 2 aromatic rings. The van der Waals surface area contributed by atoms with Crippen molar-refractivity contribution in [1.29, 1.82) is 0 Å². The number of carbonyl (C=O) groups is 1. The zero-order valence-electron chi connectivity index (χ0n) is 20.1. The molecule has 0 saturated carbocycles. The number of nitrogens with one attached hydrogen (secondary N) is 1. The summed E-state index contributed by atoms with van der Waals surface area (Å²) in [4.78, 5) is 19.6. The van der Waals surface area contributed by atoms with Crippen LogP contribution in [0.1, 0.15) is 39.5 Å². The third kappa shape index (κ3) is 5.61. The highest BCUT2D eigenvalue weighted by molar-refractivity contribution is 7.90. The van der Waals surface area contributed by atoms with Gasteiger partial charge in [-0.15, -0.1) is 0 Å². The van der Waals surface area contributed by atoms with Gasteiger partial charge in [0.05, 0.1) is 0 Å². The SMILES string of the molecule is CC(C)(Oc1ccc(Cl)cc1S(C)(=O)=O)C(=O)NC1CC2CCC(C1)N2c1ccc(S(N)(=O)=O)cn1. The number of sulfonamides is 1. The van der Waals surface area contributed by atoms with Crippen molar-refractivity contribution in [2.24, 2.45) is 5.14 Å². The number of carbonyl (C=O) groups excluding carboxylic acids is 1. The highest BCUT2D eigenvalue weighted by atomic mass is 35.5. The normalized spacial score (nSPS) is 22.4. The van der Waals surface area contributed by atoms with Crippen LogP contribution in [0.3, 0.4) is 0 Å². The van der Waals surface area contributed by atoms with Gasteiger partial charge in [-0.2, -0.15) is 0 Å². The van der Waals surface area contributed by atoms with Gasteiger partial charge >= 0.3 is 0 Å². The first-order valence-corrected chi connectivity index (χ1v) is 15.2. The van der Waals surface area contributed by atoms with Crippen molar-refractivity contribution in [3.05, 3.63) is 41.6 Å². The van der Waals surface area contributed by atoms with Crippen molar-refractivity contribution in [3.63, 3.8) is 0 Å². The summed E-state index contributed by atoms with van der Waals surface area (Å²) in [6, 6.07) is 7.54. The fraction of sp³-hybridized carbons (Fsp3) is 0.478. The van der Waals surface area contributed by atoms with E-state index in [2.05, 4.69) is 15.2 Å². The van der Waals surface area contributed by atoms with Crippen LogP contribution in [0.25, 0.3) is 0 Å². The number of hydrogen-bond acceptors (Lipinski definition) is 8. The van der Waals surface area contributed by atoms with Crippen LogP contribution in [-0.4, -0.2) is 57.7 Å². The topological polar surface area (TPSA) is 149 Å². The molecule has 0 aliphatic carbocycles. The molecule has 3 N–H and O–H groups in total. The van der Waals surface area contributed by atoms with Crippen LogP contribution in [0.4, 0.5) is 5.82 Å². The van der Waals surface area contributed by atoms with E-state index in [1.54, 1.807) is 19.9 Å². The molecule has 2 aliphatic heterocycles. The highest BCUT2D eigenvalue weighted by Gasteiger charge is 2.43. The predicted octanol–water partition coefficient (Wildman–Crippen LogP) is 2.26. The van der Waals surface area contributed by atoms with Crippen LogP contribution in [0, 0.1) is 0 Å². The van der Waals surface area contributed by atoms with Crippen LogP contribution < -0.4 is 20.1 Å². The zero-order valence-corrected chi connectivity index (χ0v) is 22.5. The summed E-state index contributed by atoms with van der Waals surface area (Å²) in [5.74, 6) is 0.385. The lowest BCUT2D eigenvalue weighted by atomic mass is 9.96. The van der Waals surface area contributed by atoms with Gasteiger partial charge in [0, 0.05) is 35.6 Å². The quantitative estimate of drug-likeness (QED) is 0.527. The standard InChI is InChI=1S/C23H29ClN4O6S2/c1-23(2,34-19-8-4-14(24)10-20(19)35(3,30)31)22(29)27-15-11-16-5-6-17(12-15)28(16)21-9-7-18(13-26-21)36(25,32)33/h4,7-10,13,15-17H,5-6,11-12H2,1-3H3,(H,27,29)(H2,25,32,33). The number of sulfone groups is 1. The first kappa shape index (κ1) is 26.6. The number of rotatable bonds is 7. The number of benzene rings is 1. The van der Waals surface area contributed by atoms with Gasteiger partial charge in [0.25, 0.3) is 5.91 Å². The van der Waals surface area contributed by atoms with E-state index in [-0.39, 0.29) is 44.6 Å². The van der Waals surface area contributed by atoms with Crippen LogP contribution in [-0.2, 0) is 24.7 Å². The molecule has 3 heterocycles. The fourth-order valence-electron chi connectivity index (χ4n) is 4.90. The van der Waals surface area contributed by atoms with E-state index in [0.29, 0.717) is 18.7 Å². The van der Waals surface area contributed by atoms with E-state index in [1.807, 2.05) is 0 Å². The van der Waals surface area contributed by atoms with Crippen molar-refractivity contribution in [1.82, 2.24) is 10.3 Å². The predicted molar refractivity (Wildman–Crippen MR) is 135 cm³/mol. The Morgan fingerprint density at radius 2 is 1.78 bits per heavy atom. The van der Waals surface area contributed by atoms with Gasteiger partial charge in [-0.1, -0.05) is 11.6 Å². The number of anilines is 1. The number of primary sulfonamides is 1. The number of piperidine rings is 1. The molecule has 10 nitrogen and oxygen atoms in total. The Bertz CT molecular complexity index is 1370. The van der Waals surface area contributed by atoms with Crippen LogP contribution in [0.2, 0.25) is 5.02 Å². The molecule has 0 radical (unpaired) electrons. The Kier molecular flexibility index (Phi) is 7.01. The molecule has 0 spiro atoms. The lowest BCUT2D eigenvalue weighted by molar-refractivity contribution is -0.135. The fourth-order valence-corrected chi connectivity index (χ4v) is 6.41. The average Bonchev–Trinajstić information content (AvgIpc) is 3.04. The first-order chi connectivity index (χ1) is 16.6. The molecule has 2 aliphatic rings. The lowest BCUT2D eigenvalue weighted by Gasteiger charge is -2.40. The molecule has 13 heteroatoms. The molecule has 196 valence electrons. The maximum Gasteiger partial charge on any atom is 0.263 e. The molecule has 2 bridgehead atoms. The van der Waals surface area contributed by atoms with Crippen molar-refractivity contribution in [2.45, 2.75) is 73.0 Å². The van der Waals surface area contributed by atoms with Crippen LogP contribution in [0.5, 0.6) is 5.75 Å². The summed E-state index contributed by atoms with van der Waals surface area (Å²) < 4.78 is 53.3. The smallest absolute Gasteiger partial charge is 0.263 e. The van der Waals surface area contributed by atoms with Gasteiger partial charge in [-0.3, -0.25) is 4.79 Å². The largest absolute Gasteiger partial charge is 0.477 e. The van der Waals surface area contributed by atoms with E-state index in [0.717, 1.165) is 19.1 Å². The number of fused-ring (bicyclic) bond motifs is 2. The number of nitrogens with two attached hydrogens (primary N) is 1. The number of pyridine rings is 1. The Balaban J connectivity index is 1.44. The summed E-state index contributed by atoms with van der Waals surface area (Å²) >= 11 is 5.96. The minimum atomic E-state index is -3.81. The van der Waals surface area contributed by atoms with Crippen molar-refractivity contribution in [3.8, 4) is 5.75 Å². The second kappa shape index (κ2) is 9.47. The molecule has 36 heavy (non-hydrogen) atoms. The monoisotopic (exact) mass is 556 g/mol. The second-order valence-electron chi connectivity index (χ2n) is 9.81. The lowest BCUT2D eigenvalue weighted by Crippen LogP contribution is -2.55. The Labute approximate surface area is 216 Å². The molecule has 2 unspecified atom stereocenters. The van der Waals surface area contributed by atoms with Gasteiger partial charge in [0.2, 0.25) is 10.0 Å². The maximum atomic E-state index is 13.2. The molecule has 1 amide bonds. The minimum absolute atomic E-state index is 0.0392. The van der Waals surface area contributed by atoms with Crippen molar-refractivity contribution >= 4 is 43.2 Å². The van der Waals surface area contributed by atoms with Gasteiger partial charge in [0.15, 0.2) is 15.4 Å². The van der Waals surface area contributed by atoms with Crippen molar-refractivity contribution in [2.75, 3.05) is 11.2 Å². The molecule has 1 aromatic carbocycles. The molecular formula is C23H29ClN4O6S2. The maximum absolute atomic E-state index is 13.2. The number of ether oxygens (including phenoxy) is 1. The number of nitrogens with zero attached hydrogens (tertiary/aromatic N) is 2. The molecule has 1 aromatic heterocycles. The summed E-state index contributed by atoms with van der Waals surface area (Å²) in [5.41, 5.74) is -1.34. The number of aromatic nitrogens is 1. The third-order valence-corrected chi connectivity index (χ3v) is 8.85. The zero-order chi connectivity index (χ0) is 26.5. The molecule has 2 saturated heterocycles. The molecule has 2 fully saturated rings. The van der Waals surface area contributed by atoms with Gasteiger partial charge in [0.1, 0.15) is 21.4 Å². The average molecular weight is 557 g/mol. The summed E-state index contributed by atoms with van der Waals surface area (Å²) in [6.45, 7) is 3.17. The number of halogens is 1. The molecule has 2 atom stereocenters. The van der Waals surface area contributed by atoms with Crippen LogP contribution >= 0.6 is 11.6 Å². The first-order valence-electron chi connectivity index (χ1n) is 11.4. The van der Waals surface area contributed by atoms with Crippen molar-refractivity contribution < 1.29 is 26.4 Å². The van der Waals surface area contributed by atoms with E-state index >= 15 is 0 Å². The summed E-state index contributed by atoms with van der Waals surface area (Å²) in [7, 11) is -7.44. The van der Waals surface area contributed by atoms with Gasteiger partial charge in [-0.25, -0.2) is 27.0 Å². The van der Waals surface area contributed by atoms with Gasteiger partial charge < -0.3 is 15.0 Å². The van der Waals surface area contributed by atoms with E-state index in [4.69, 9.17) is 21.5 Å². The third-order valence-electron chi connectivity index (χ3n) is 6.60. The number of hydrogen-bond donors (Lipinski definition) is 2. The Hall–Kier alpha value is -2.41. The molecular weight excluding hydrogens is 528 g/mol. The van der Waals surface area contributed by atoms with E-state index in [9.17, 15) is 21.6 Å². The van der Waals surface area contributed by atoms with Gasteiger partial charge in [-0.05, 0) is 69.9 Å². The van der Waals surface area contributed by atoms with E-state index < -0.39 is 25.5 Å². The van der Waals surface area contributed by atoms with Crippen LogP contribution in [0.15, 0.2) is 46.3 Å². The second-order valence-corrected chi connectivity index (χ2v) is 13.8. The Morgan fingerprint density at radius 3 is 2.31 bits per heavy atom. The summed E-state index contributed by atoms with van der Waals surface area (Å²) in [5, 5.41) is 8.49. The Morgan fingerprint density at radius 1 is 1.14 bits per heavy atom. The summed E-state index contributed by atoms with van der Waals surface area (Å²) in [6.07, 6.45) is 5.55. The highest BCUT2D eigenvalue weighted by Crippen LogP contribution is 2.39. The minimum Gasteiger partial charge on any atom is -0.477 e.